The third kappa shape index (κ3) is 2.88. The first kappa shape index (κ1) is 15.5. The highest BCUT2D eigenvalue weighted by Crippen LogP contribution is 2.59. The number of carbonyl (C=O) groups excluding carboxylic acids is 1. The van der Waals surface area contributed by atoms with Gasteiger partial charge in [0.15, 0.2) is 11.5 Å². The predicted octanol–water partition coefficient (Wildman–Crippen LogP) is 2.41. The number of nitrogens with one attached hydrogen (secondary N) is 2. The number of rotatable bonds is 4. The van der Waals surface area contributed by atoms with Gasteiger partial charge in [-0.05, 0) is 74.2 Å². The van der Waals surface area contributed by atoms with Crippen LogP contribution in [0.4, 0.5) is 0 Å². The van der Waals surface area contributed by atoms with Gasteiger partial charge in [0.25, 0.3) is 0 Å². The summed E-state index contributed by atoms with van der Waals surface area (Å²) < 4.78 is 11.3. The molecule has 0 aromatic heterocycles. The number of carbonyl (C=O) groups is 1. The summed E-state index contributed by atoms with van der Waals surface area (Å²) in [6.07, 6.45) is 5.74. The minimum absolute atomic E-state index is 0.114. The molecule has 3 fully saturated rings. The van der Waals surface area contributed by atoms with E-state index in [0.717, 1.165) is 49.4 Å². The molecule has 2 atom stereocenters. The Hall–Kier alpha value is -1.75. The van der Waals surface area contributed by atoms with Gasteiger partial charge in [-0.25, -0.2) is 0 Å². The number of amides is 1. The van der Waals surface area contributed by atoms with Crippen LogP contribution in [0.5, 0.6) is 11.5 Å². The van der Waals surface area contributed by atoms with Crippen molar-refractivity contribution in [3.8, 4) is 11.5 Å². The van der Waals surface area contributed by atoms with Gasteiger partial charge in [0.2, 0.25) is 5.91 Å². The Morgan fingerprint density at radius 1 is 1.16 bits per heavy atom. The zero-order chi connectivity index (χ0) is 16.9. The first-order chi connectivity index (χ1) is 12.3. The molecule has 2 unspecified atom stereocenters. The first-order valence-electron chi connectivity index (χ1n) is 9.66. The van der Waals surface area contributed by atoms with Crippen LogP contribution >= 0.6 is 0 Å². The molecule has 5 nitrogen and oxygen atoms in total. The Morgan fingerprint density at radius 3 is 2.68 bits per heavy atom. The molecule has 5 rings (SSSR count). The Bertz CT molecular complexity index is 680. The second kappa shape index (κ2) is 5.90. The third-order valence-corrected chi connectivity index (χ3v) is 6.42. The molecular weight excluding hydrogens is 316 g/mol. The van der Waals surface area contributed by atoms with Gasteiger partial charge in [0.1, 0.15) is 13.2 Å². The SMILES string of the molecule is O=C(NC(c1ccc2c(c1)OCCO2)C1CC1)C1CC12CCNCC2. The fraction of sp³-hybridized carbons (Fsp3) is 0.650. The second-order valence-corrected chi connectivity index (χ2v) is 8.10. The molecule has 134 valence electrons. The first-order valence-corrected chi connectivity index (χ1v) is 9.66. The number of benzene rings is 1. The fourth-order valence-corrected chi connectivity index (χ4v) is 4.61. The van der Waals surface area contributed by atoms with Gasteiger partial charge < -0.3 is 20.1 Å². The summed E-state index contributed by atoms with van der Waals surface area (Å²) in [5.41, 5.74) is 1.44. The molecule has 1 spiro atoms. The van der Waals surface area contributed by atoms with Crippen LogP contribution < -0.4 is 20.1 Å². The Morgan fingerprint density at radius 2 is 1.92 bits per heavy atom. The van der Waals surface area contributed by atoms with Crippen molar-refractivity contribution in [2.75, 3.05) is 26.3 Å². The lowest BCUT2D eigenvalue weighted by molar-refractivity contribution is -0.124. The van der Waals surface area contributed by atoms with Gasteiger partial charge in [-0.2, -0.15) is 0 Å². The van der Waals surface area contributed by atoms with Crippen molar-refractivity contribution in [3.05, 3.63) is 23.8 Å². The smallest absolute Gasteiger partial charge is 0.224 e. The van der Waals surface area contributed by atoms with E-state index >= 15 is 0 Å². The molecule has 2 N–H and O–H groups in total. The number of hydrogen-bond donors (Lipinski definition) is 2. The van der Waals surface area contributed by atoms with Crippen LogP contribution in [0.15, 0.2) is 18.2 Å². The molecule has 1 amide bonds. The zero-order valence-corrected chi connectivity index (χ0v) is 14.6. The molecular formula is C20H26N2O3. The van der Waals surface area contributed by atoms with Crippen molar-refractivity contribution < 1.29 is 14.3 Å². The van der Waals surface area contributed by atoms with Crippen molar-refractivity contribution in [1.29, 1.82) is 0 Å². The molecule has 2 heterocycles. The van der Waals surface area contributed by atoms with Crippen LogP contribution in [0, 0.1) is 17.3 Å². The van der Waals surface area contributed by atoms with E-state index in [2.05, 4.69) is 22.8 Å². The third-order valence-electron chi connectivity index (χ3n) is 6.42. The molecule has 0 bridgehead atoms. The highest BCUT2D eigenvalue weighted by molar-refractivity contribution is 5.83. The summed E-state index contributed by atoms with van der Waals surface area (Å²) in [5, 5.41) is 6.79. The maximum atomic E-state index is 12.9. The van der Waals surface area contributed by atoms with E-state index < -0.39 is 0 Å². The molecule has 2 aliphatic heterocycles. The summed E-state index contributed by atoms with van der Waals surface area (Å²) in [4.78, 5) is 12.9. The van der Waals surface area contributed by atoms with Crippen molar-refractivity contribution in [2.24, 2.45) is 17.3 Å². The average molecular weight is 342 g/mol. The van der Waals surface area contributed by atoms with Gasteiger partial charge in [-0.1, -0.05) is 6.07 Å². The molecule has 4 aliphatic rings. The molecule has 2 saturated carbocycles. The lowest BCUT2D eigenvalue weighted by atomic mass is 9.91. The van der Waals surface area contributed by atoms with Crippen molar-refractivity contribution in [1.82, 2.24) is 10.6 Å². The van der Waals surface area contributed by atoms with E-state index in [4.69, 9.17) is 9.47 Å². The van der Waals surface area contributed by atoms with Gasteiger partial charge in [-0.15, -0.1) is 0 Å². The summed E-state index contributed by atoms with van der Waals surface area (Å²) >= 11 is 0. The van der Waals surface area contributed by atoms with E-state index in [1.54, 1.807) is 0 Å². The van der Waals surface area contributed by atoms with E-state index in [-0.39, 0.29) is 23.3 Å². The number of piperidine rings is 1. The average Bonchev–Trinajstić information content (AvgIpc) is 3.57. The second-order valence-electron chi connectivity index (χ2n) is 8.10. The normalized spacial score (nSPS) is 27.6. The number of fused-ring (bicyclic) bond motifs is 1. The Balaban J connectivity index is 1.31. The van der Waals surface area contributed by atoms with E-state index in [1.165, 1.54) is 12.8 Å². The molecule has 25 heavy (non-hydrogen) atoms. The van der Waals surface area contributed by atoms with Crippen molar-refractivity contribution >= 4 is 5.91 Å². The standard InChI is InChI=1S/C20H26N2O3/c23-19(15-12-20(15)5-7-21-8-6-20)22-18(13-1-2-13)14-3-4-16-17(11-14)25-10-9-24-16/h3-4,11,13,15,18,21H,1-2,5-10,12H2,(H,22,23). The van der Waals surface area contributed by atoms with E-state index in [0.29, 0.717) is 19.1 Å². The molecule has 1 aromatic rings. The molecule has 0 radical (unpaired) electrons. The van der Waals surface area contributed by atoms with Crippen LogP contribution in [0.2, 0.25) is 0 Å². The molecule has 1 aromatic carbocycles. The fourth-order valence-electron chi connectivity index (χ4n) is 4.61. The van der Waals surface area contributed by atoms with Crippen LogP contribution in [0.25, 0.3) is 0 Å². The molecule has 2 aliphatic carbocycles. The van der Waals surface area contributed by atoms with Crippen molar-refractivity contribution in [2.45, 2.75) is 38.1 Å². The lowest BCUT2D eigenvalue weighted by Gasteiger charge is -2.25. The Kier molecular flexibility index (Phi) is 3.66. The van der Waals surface area contributed by atoms with Crippen LogP contribution in [0.3, 0.4) is 0 Å². The van der Waals surface area contributed by atoms with Crippen molar-refractivity contribution in [3.63, 3.8) is 0 Å². The highest BCUT2D eigenvalue weighted by atomic mass is 16.6. The lowest BCUT2D eigenvalue weighted by Crippen LogP contribution is -2.35. The summed E-state index contributed by atoms with van der Waals surface area (Å²) in [6, 6.07) is 6.24. The largest absolute Gasteiger partial charge is 0.486 e. The van der Waals surface area contributed by atoms with Crippen LogP contribution in [0.1, 0.15) is 43.7 Å². The maximum absolute atomic E-state index is 12.9. The van der Waals surface area contributed by atoms with Gasteiger partial charge >= 0.3 is 0 Å². The maximum Gasteiger partial charge on any atom is 0.224 e. The molecule has 5 heteroatoms. The van der Waals surface area contributed by atoms with Gasteiger partial charge in [0.05, 0.1) is 6.04 Å². The number of ether oxygens (including phenoxy) is 2. The molecule has 1 saturated heterocycles. The monoisotopic (exact) mass is 342 g/mol. The van der Waals surface area contributed by atoms with E-state index in [9.17, 15) is 4.79 Å². The predicted molar refractivity (Wildman–Crippen MR) is 93.7 cm³/mol. The summed E-state index contributed by atoms with van der Waals surface area (Å²) in [5.74, 6) is 2.66. The van der Waals surface area contributed by atoms with Gasteiger partial charge in [-0.3, -0.25) is 4.79 Å². The van der Waals surface area contributed by atoms with Crippen LogP contribution in [-0.4, -0.2) is 32.2 Å². The summed E-state index contributed by atoms with van der Waals surface area (Å²) in [6.45, 7) is 3.30. The highest BCUT2D eigenvalue weighted by Gasteiger charge is 2.58. The number of hydrogen-bond acceptors (Lipinski definition) is 4. The topological polar surface area (TPSA) is 59.6 Å². The van der Waals surface area contributed by atoms with E-state index in [1.807, 2.05) is 6.07 Å². The summed E-state index contributed by atoms with van der Waals surface area (Å²) in [7, 11) is 0. The quantitative estimate of drug-likeness (QED) is 0.882. The van der Waals surface area contributed by atoms with Crippen LogP contribution in [-0.2, 0) is 4.79 Å². The zero-order valence-electron chi connectivity index (χ0n) is 14.6. The van der Waals surface area contributed by atoms with Gasteiger partial charge in [0, 0.05) is 5.92 Å². The minimum atomic E-state index is 0.114. The minimum Gasteiger partial charge on any atom is -0.486 e. The Labute approximate surface area is 148 Å².